The highest BCUT2D eigenvalue weighted by Gasteiger charge is 2.28. The topological polar surface area (TPSA) is 41.1 Å². The molecule has 1 unspecified atom stereocenters. The van der Waals surface area contributed by atoms with Crippen molar-refractivity contribution in [3.8, 4) is 0 Å². The van der Waals surface area contributed by atoms with E-state index in [4.69, 9.17) is 0 Å². The Labute approximate surface area is 144 Å². The van der Waals surface area contributed by atoms with E-state index in [9.17, 15) is 4.79 Å². The van der Waals surface area contributed by atoms with Crippen LogP contribution in [0.15, 0.2) is 23.1 Å². The third kappa shape index (κ3) is 5.18. The second-order valence-electron chi connectivity index (χ2n) is 6.89. The molecule has 1 aliphatic rings. The molecule has 1 atom stereocenters. The van der Waals surface area contributed by atoms with Gasteiger partial charge in [-0.15, -0.1) is 24.2 Å². The third-order valence-electron chi connectivity index (χ3n) is 3.81. The smallest absolute Gasteiger partial charge is 0.227 e. The summed E-state index contributed by atoms with van der Waals surface area (Å²) in [5.74, 6) is 0.663. The first-order valence-corrected chi connectivity index (χ1v) is 8.39. The van der Waals surface area contributed by atoms with Gasteiger partial charge in [-0.3, -0.25) is 4.79 Å². The summed E-state index contributed by atoms with van der Waals surface area (Å²) in [4.78, 5) is 13.5. The maximum atomic E-state index is 12.3. The predicted molar refractivity (Wildman–Crippen MR) is 98.2 cm³/mol. The normalized spacial score (nSPS) is 16.4. The number of thioether (sulfide) groups is 1. The number of halogens is 1. The van der Waals surface area contributed by atoms with Gasteiger partial charge in [-0.1, -0.05) is 27.7 Å². The van der Waals surface area contributed by atoms with E-state index in [-0.39, 0.29) is 29.0 Å². The maximum absolute atomic E-state index is 12.3. The Kier molecular flexibility index (Phi) is 6.78. The fraction of sp³-hybridized carbons (Fsp3) is 0.588. The number of hydrogen-bond acceptors (Lipinski definition) is 3. The van der Waals surface area contributed by atoms with Crippen molar-refractivity contribution in [3.63, 3.8) is 0 Å². The number of hydrogen-bond donors (Lipinski definition) is 2. The zero-order valence-electron chi connectivity index (χ0n) is 14.0. The first-order chi connectivity index (χ1) is 9.76. The highest BCUT2D eigenvalue weighted by molar-refractivity contribution is 8.00. The van der Waals surface area contributed by atoms with Gasteiger partial charge in [-0.25, -0.2) is 0 Å². The first-order valence-electron chi connectivity index (χ1n) is 7.57. The van der Waals surface area contributed by atoms with E-state index in [2.05, 4.69) is 50.5 Å². The number of nitrogens with one attached hydrogen (secondary N) is 2. The fourth-order valence-corrected chi connectivity index (χ4v) is 3.40. The van der Waals surface area contributed by atoms with Crippen molar-refractivity contribution in [2.75, 3.05) is 18.4 Å². The van der Waals surface area contributed by atoms with Gasteiger partial charge >= 0.3 is 0 Å². The summed E-state index contributed by atoms with van der Waals surface area (Å²) in [5, 5.41) is 6.29. The first kappa shape index (κ1) is 19.3. The average Bonchev–Trinajstić information content (AvgIpc) is 2.28. The molecule has 124 valence electrons. The fourth-order valence-electron chi connectivity index (χ4n) is 2.32. The number of aryl methyl sites for hydroxylation is 1. The van der Waals surface area contributed by atoms with E-state index in [1.54, 1.807) is 0 Å². The van der Waals surface area contributed by atoms with Crippen LogP contribution in [0.5, 0.6) is 0 Å². The van der Waals surface area contributed by atoms with E-state index in [1.807, 2.05) is 24.8 Å². The van der Waals surface area contributed by atoms with Gasteiger partial charge in [-0.05, 0) is 49.7 Å². The van der Waals surface area contributed by atoms with Gasteiger partial charge in [0.15, 0.2) is 0 Å². The van der Waals surface area contributed by atoms with Crippen molar-refractivity contribution in [3.05, 3.63) is 23.8 Å². The zero-order valence-corrected chi connectivity index (χ0v) is 15.7. The maximum Gasteiger partial charge on any atom is 0.227 e. The van der Waals surface area contributed by atoms with E-state index >= 15 is 0 Å². The highest BCUT2D eigenvalue weighted by atomic mass is 35.5. The van der Waals surface area contributed by atoms with Crippen LogP contribution in [0.4, 0.5) is 5.69 Å². The Hall–Kier alpha value is -0.710. The zero-order chi connectivity index (χ0) is 15.6. The molecule has 1 fully saturated rings. The van der Waals surface area contributed by atoms with Crippen molar-refractivity contribution in [2.24, 2.45) is 11.8 Å². The SMILES string of the molecule is Cc1cc(SC(C)(C)C)ccc1NC(=O)C(C)C1CNC1.Cl. The number of rotatable bonds is 4. The van der Waals surface area contributed by atoms with Crippen molar-refractivity contribution in [1.82, 2.24) is 5.32 Å². The van der Waals surface area contributed by atoms with Gasteiger partial charge in [0.1, 0.15) is 0 Å². The summed E-state index contributed by atoms with van der Waals surface area (Å²) in [6, 6.07) is 6.27. The van der Waals surface area contributed by atoms with E-state index in [0.29, 0.717) is 5.92 Å². The highest BCUT2D eigenvalue weighted by Crippen LogP contribution is 2.33. The van der Waals surface area contributed by atoms with Crippen LogP contribution in [0.25, 0.3) is 0 Å². The minimum absolute atomic E-state index is 0. The summed E-state index contributed by atoms with van der Waals surface area (Å²) >= 11 is 1.85. The predicted octanol–water partition coefficient (Wildman–Crippen LogP) is 4.10. The van der Waals surface area contributed by atoms with E-state index in [0.717, 1.165) is 24.3 Å². The molecule has 0 aliphatic carbocycles. The van der Waals surface area contributed by atoms with Crippen LogP contribution in [-0.2, 0) is 4.79 Å². The lowest BCUT2D eigenvalue weighted by Gasteiger charge is -2.31. The Morgan fingerprint density at radius 2 is 2.00 bits per heavy atom. The lowest BCUT2D eigenvalue weighted by atomic mass is 9.88. The number of benzene rings is 1. The van der Waals surface area contributed by atoms with Gasteiger partial charge in [0.2, 0.25) is 5.91 Å². The molecule has 0 saturated carbocycles. The lowest BCUT2D eigenvalue weighted by molar-refractivity contribution is -0.121. The Balaban J connectivity index is 0.00000242. The number of anilines is 1. The number of carbonyl (C=O) groups excluding carboxylic acids is 1. The summed E-state index contributed by atoms with van der Waals surface area (Å²) in [5.41, 5.74) is 2.05. The average molecular weight is 343 g/mol. The second kappa shape index (κ2) is 7.71. The minimum atomic E-state index is 0. The van der Waals surface area contributed by atoms with Crippen LogP contribution in [0, 0.1) is 18.8 Å². The van der Waals surface area contributed by atoms with Gasteiger partial charge in [0, 0.05) is 21.2 Å². The molecule has 1 aromatic carbocycles. The lowest BCUT2D eigenvalue weighted by Crippen LogP contribution is -2.48. The summed E-state index contributed by atoms with van der Waals surface area (Å²) in [7, 11) is 0. The van der Waals surface area contributed by atoms with Crippen LogP contribution < -0.4 is 10.6 Å². The van der Waals surface area contributed by atoms with Gasteiger partial charge in [0.25, 0.3) is 0 Å². The van der Waals surface area contributed by atoms with E-state index < -0.39 is 0 Å². The summed E-state index contributed by atoms with van der Waals surface area (Å²) in [6.07, 6.45) is 0. The number of carbonyl (C=O) groups is 1. The molecule has 1 aliphatic heterocycles. The third-order valence-corrected chi connectivity index (χ3v) is 4.92. The van der Waals surface area contributed by atoms with Gasteiger partial charge in [-0.2, -0.15) is 0 Å². The largest absolute Gasteiger partial charge is 0.326 e. The molecule has 3 nitrogen and oxygen atoms in total. The minimum Gasteiger partial charge on any atom is -0.326 e. The molecule has 2 rings (SSSR count). The van der Waals surface area contributed by atoms with Crippen LogP contribution in [0.1, 0.15) is 33.3 Å². The van der Waals surface area contributed by atoms with E-state index in [1.165, 1.54) is 4.90 Å². The molecule has 2 N–H and O–H groups in total. The molecule has 0 radical (unpaired) electrons. The van der Waals surface area contributed by atoms with Crippen LogP contribution in [0.2, 0.25) is 0 Å². The van der Waals surface area contributed by atoms with Crippen LogP contribution >= 0.6 is 24.2 Å². The molecule has 0 bridgehead atoms. The quantitative estimate of drug-likeness (QED) is 0.809. The number of amides is 1. The van der Waals surface area contributed by atoms with Crippen molar-refractivity contribution >= 4 is 35.8 Å². The molecule has 5 heteroatoms. The van der Waals surface area contributed by atoms with Crippen molar-refractivity contribution < 1.29 is 4.79 Å². The molecule has 1 aromatic rings. The molecule has 1 saturated heterocycles. The van der Waals surface area contributed by atoms with Crippen LogP contribution in [-0.4, -0.2) is 23.7 Å². The molecule has 1 amide bonds. The molecular weight excluding hydrogens is 316 g/mol. The summed E-state index contributed by atoms with van der Waals surface area (Å²) < 4.78 is 0.197. The molecule has 22 heavy (non-hydrogen) atoms. The molecule has 0 aromatic heterocycles. The molecule has 1 heterocycles. The Bertz CT molecular complexity index is 524. The van der Waals surface area contributed by atoms with Crippen LogP contribution in [0.3, 0.4) is 0 Å². The monoisotopic (exact) mass is 342 g/mol. The summed E-state index contributed by atoms with van der Waals surface area (Å²) in [6.45, 7) is 12.6. The Morgan fingerprint density at radius 1 is 1.36 bits per heavy atom. The molecular formula is C17H27ClN2OS. The van der Waals surface area contributed by atoms with Gasteiger partial charge < -0.3 is 10.6 Å². The van der Waals surface area contributed by atoms with Crippen molar-refractivity contribution in [2.45, 2.75) is 44.3 Å². The standard InChI is InChI=1S/C17H26N2OS.ClH/c1-11-8-14(21-17(3,4)5)6-7-15(11)19-16(20)12(2)13-9-18-10-13;/h6-8,12-13,18H,9-10H2,1-5H3,(H,19,20);1H. The Morgan fingerprint density at radius 3 is 2.45 bits per heavy atom. The second-order valence-corrected chi connectivity index (χ2v) is 8.79. The van der Waals surface area contributed by atoms with Gasteiger partial charge in [0.05, 0.1) is 0 Å². The van der Waals surface area contributed by atoms with Crippen molar-refractivity contribution in [1.29, 1.82) is 0 Å². The molecule has 0 spiro atoms.